The molecule has 0 spiro atoms. The van der Waals surface area contributed by atoms with E-state index >= 15 is 0 Å². The lowest BCUT2D eigenvalue weighted by atomic mass is 9.81. The third-order valence-electron chi connectivity index (χ3n) is 8.44. The van der Waals surface area contributed by atoms with E-state index < -0.39 is 45.7 Å². The highest BCUT2D eigenvalue weighted by atomic mass is 32.2. The van der Waals surface area contributed by atoms with Crippen molar-refractivity contribution in [2.45, 2.75) is 61.8 Å². The number of carbonyl (C=O) groups is 3. The number of carbonyl (C=O) groups excluding carboxylic acids is 2. The Hall–Kier alpha value is -4.03. The van der Waals surface area contributed by atoms with Crippen LogP contribution in [-0.4, -0.2) is 63.0 Å². The number of hydrogen-bond acceptors (Lipinski definition) is 8. The van der Waals surface area contributed by atoms with E-state index in [1.54, 1.807) is 30.3 Å². The molecule has 0 saturated heterocycles. The van der Waals surface area contributed by atoms with Gasteiger partial charge >= 0.3 is 5.97 Å². The zero-order valence-electron chi connectivity index (χ0n) is 27.0. The summed E-state index contributed by atoms with van der Waals surface area (Å²) in [6.07, 6.45) is 4.96. The molecule has 3 N–H and O–H groups in total. The number of nitrogens with one attached hydrogen (secondary N) is 2. The minimum absolute atomic E-state index is 0.00111. The monoisotopic (exact) mass is 681 g/mol. The first-order chi connectivity index (χ1) is 22.5. The van der Waals surface area contributed by atoms with Crippen molar-refractivity contribution < 1.29 is 32.6 Å². The van der Waals surface area contributed by atoms with Crippen molar-refractivity contribution in [3.05, 3.63) is 78.4 Å². The van der Waals surface area contributed by atoms with Crippen molar-refractivity contribution in [3.8, 4) is 5.75 Å². The molecule has 1 unspecified atom stereocenters. The molecule has 0 saturated carbocycles. The van der Waals surface area contributed by atoms with Gasteiger partial charge in [-0.3, -0.25) is 14.4 Å². The molecular weight excluding hydrogens is 639 g/mol. The van der Waals surface area contributed by atoms with Crippen molar-refractivity contribution in [3.63, 3.8) is 0 Å². The molecule has 0 bridgehead atoms. The van der Waals surface area contributed by atoms with Crippen LogP contribution in [0.15, 0.2) is 82.6 Å². The maximum atomic E-state index is 14.2. The van der Waals surface area contributed by atoms with Crippen molar-refractivity contribution in [2.75, 3.05) is 36.6 Å². The summed E-state index contributed by atoms with van der Waals surface area (Å²) in [5.41, 5.74) is 1.53. The maximum Gasteiger partial charge on any atom is 0.305 e. The minimum atomic E-state index is -3.76. The van der Waals surface area contributed by atoms with Gasteiger partial charge in [-0.2, -0.15) is 0 Å². The molecule has 3 aromatic carbocycles. The van der Waals surface area contributed by atoms with Crippen LogP contribution in [0.25, 0.3) is 0 Å². The van der Waals surface area contributed by atoms with Crippen molar-refractivity contribution in [1.82, 2.24) is 10.6 Å². The minimum Gasteiger partial charge on any atom is -0.483 e. The summed E-state index contributed by atoms with van der Waals surface area (Å²) in [6.45, 7) is 4.14. The number of rotatable bonds is 15. The van der Waals surface area contributed by atoms with Crippen LogP contribution in [0.5, 0.6) is 5.75 Å². The molecule has 3 aromatic rings. The predicted octanol–water partition coefficient (Wildman–Crippen LogP) is 5.75. The van der Waals surface area contributed by atoms with E-state index in [0.29, 0.717) is 29.1 Å². The van der Waals surface area contributed by atoms with E-state index in [9.17, 15) is 22.8 Å². The van der Waals surface area contributed by atoms with Crippen LogP contribution in [0.2, 0.25) is 0 Å². The normalized spacial score (nSPS) is 17.6. The van der Waals surface area contributed by atoms with Crippen molar-refractivity contribution in [1.29, 1.82) is 0 Å². The predicted molar refractivity (Wildman–Crippen MR) is 184 cm³/mol. The van der Waals surface area contributed by atoms with E-state index in [4.69, 9.17) is 9.84 Å². The lowest BCUT2D eigenvalue weighted by molar-refractivity contribution is -0.137. The Morgan fingerprint density at radius 3 is 2.34 bits per heavy atom. The number of para-hydroxylation sites is 1. The van der Waals surface area contributed by atoms with Crippen LogP contribution in [0.4, 0.5) is 11.4 Å². The molecule has 10 nitrogen and oxygen atoms in total. The fraction of sp³-hybridized carbons (Fsp3) is 0.400. The van der Waals surface area contributed by atoms with Gasteiger partial charge in [-0.15, -0.1) is 11.8 Å². The number of carboxylic acid groups (broad SMARTS) is 1. The van der Waals surface area contributed by atoms with Crippen LogP contribution in [0, 0.1) is 5.41 Å². The molecule has 1 aliphatic heterocycles. The molecule has 0 fully saturated rings. The number of benzene rings is 3. The number of fused-ring (bicyclic) bond motifs is 1. The average Bonchev–Trinajstić information content (AvgIpc) is 3.16. The molecule has 4 rings (SSSR count). The van der Waals surface area contributed by atoms with Gasteiger partial charge in [0.1, 0.15) is 11.8 Å². The van der Waals surface area contributed by atoms with Gasteiger partial charge < -0.3 is 25.4 Å². The SMILES string of the molecule is CCCCC1(CC)CN(c2ccccc2)c2cc(SC)c(OCC(=O)N[C@@H](C(=O)NCCC(=O)O)c3ccccc3)cc2S(=O)(=O)C1. The highest BCUT2D eigenvalue weighted by Crippen LogP contribution is 2.47. The Morgan fingerprint density at radius 1 is 1.04 bits per heavy atom. The number of anilines is 2. The first-order valence-electron chi connectivity index (χ1n) is 15.8. The Bertz CT molecular complexity index is 1650. The second-order valence-corrected chi connectivity index (χ2v) is 14.5. The summed E-state index contributed by atoms with van der Waals surface area (Å²) in [5, 5.41) is 14.2. The fourth-order valence-electron chi connectivity index (χ4n) is 5.83. The molecule has 47 heavy (non-hydrogen) atoms. The van der Waals surface area contributed by atoms with E-state index in [-0.39, 0.29) is 29.4 Å². The summed E-state index contributed by atoms with van der Waals surface area (Å²) in [6, 6.07) is 20.6. The summed E-state index contributed by atoms with van der Waals surface area (Å²) >= 11 is 1.38. The van der Waals surface area contributed by atoms with Crippen molar-refractivity contribution in [2.24, 2.45) is 5.41 Å². The van der Waals surface area contributed by atoms with E-state index in [2.05, 4.69) is 29.4 Å². The van der Waals surface area contributed by atoms with E-state index in [1.165, 1.54) is 17.8 Å². The number of hydrogen-bond donors (Lipinski definition) is 3. The summed E-state index contributed by atoms with van der Waals surface area (Å²) in [7, 11) is -3.76. The Balaban J connectivity index is 1.64. The second-order valence-electron chi connectivity index (χ2n) is 11.7. The first kappa shape index (κ1) is 35.8. The first-order valence-corrected chi connectivity index (χ1v) is 18.6. The second kappa shape index (κ2) is 16.2. The quantitative estimate of drug-likeness (QED) is 0.171. The molecule has 2 atom stereocenters. The summed E-state index contributed by atoms with van der Waals surface area (Å²) in [4.78, 5) is 40.0. The molecule has 0 radical (unpaired) electrons. The lowest BCUT2D eigenvalue weighted by Crippen LogP contribution is -2.42. The van der Waals surface area contributed by atoms with Crippen molar-refractivity contribution >= 4 is 50.8 Å². The largest absolute Gasteiger partial charge is 0.483 e. The smallest absolute Gasteiger partial charge is 0.305 e. The Kier molecular flexibility index (Phi) is 12.3. The van der Waals surface area contributed by atoms with Gasteiger partial charge in [0.15, 0.2) is 16.4 Å². The molecular formula is C35H43N3O7S2. The van der Waals surface area contributed by atoms with Gasteiger partial charge in [0.05, 0.1) is 27.7 Å². The number of unbranched alkanes of at least 4 members (excludes halogenated alkanes) is 1. The third-order valence-corrected chi connectivity index (χ3v) is 11.2. The number of thioether (sulfide) groups is 1. The zero-order valence-corrected chi connectivity index (χ0v) is 28.7. The van der Waals surface area contributed by atoms with E-state index in [1.807, 2.05) is 42.7 Å². The average molecular weight is 682 g/mol. The van der Waals surface area contributed by atoms with Crippen LogP contribution >= 0.6 is 11.8 Å². The topological polar surface area (TPSA) is 142 Å². The van der Waals surface area contributed by atoms with Gasteiger partial charge in [-0.25, -0.2) is 8.42 Å². The third kappa shape index (κ3) is 9.07. The van der Waals surface area contributed by atoms with Crippen LogP contribution in [-0.2, 0) is 24.2 Å². The van der Waals surface area contributed by atoms with Gasteiger partial charge in [0, 0.05) is 30.3 Å². The standard InChI is InChI=1S/C35H43N3O7S2/c1-4-6-18-35(5-2)23-38(26-15-11-8-12-16-26)27-20-29(46-3)28(21-30(27)47(43,44)24-35)45-22-31(39)37-33(25-13-9-7-10-14-25)34(42)36-19-17-32(40)41/h7-16,20-21,33H,4-6,17-19,22-24H2,1-3H3,(H,36,42)(H,37,39)(H,40,41)/t33-,35?/m1/s1. The summed E-state index contributed by atoms with van der Waals surface area (Å²) < 4.78 is 34.3. The molecule has 1 aliphatic rings. The number of carboxylic acids is 1. The molecule has 0 aromatic heterocycles. The zero-order chi connectivity index (χ0) is 34.0. The number of amides is 2. The molecule has 1 heterocycles. The van der Waals surface area contributed by atoms with Gasteiger partial charge in [-0.05, 0) is 42.9 Å². The maximum absolute atomic E-state index is 14.2. The molecule has 0 aliphatic carbocycles. The fourth-order valence-corrected chi connectivity index (χ4v) is 8.55. The van der Waals surface area contributed by atoms with Crippen LogP contribution < -0.4 is 20.3 Å². The van der Waals surface area contributed by atoms with Crippen LogP contribution in [0.1, 0.15) is 57.6 Å². The van der Waals surface area contributed by atoms with Crippen LogP contribution in [0.3, 0.4) is 0 Å². The molecule has 12 heteroatoms. The molecule has 2 amide bonds. The van der Waals surface area contributed by atoms with Gasteiger partial charge in [0.25, 0.3) is 5.91 Å². The Labute approximate surface area is 281 Å². The van der Waals surface area contributed by atoms with Gasteiger partial charge in [0.2, 0.25) is 5.91 Å². The Morgan fingerprint density at radius 2 is 1.72 bits per heavy atom. The highest BCUT2D eigenvalue weighted by molar-refractivity contribution is 7.98. The number of aliphatic carboxylic acids is 1. The van der Waals surface area contributed by atoms with E-state index in [0.717, 1.165) is 24.9 Å². The highest BCUT2D eigenvalue weighted by Gasteiger charge is 2.42. The summed E-state index contributed by atoms with van der Waals surface area (Å²) in [5.74, 6) is -1.97. The molecule has 252 valence electrons. The number of nitrogens with zero attached hydrogens (tertiary/aromatic N) is 1. The number of ether oxygens (including phenoxy) is 1. The van der Waals surface area contributed by atoms with Gasteiger partial charge in [-0.1, -0.05) is 75.2 Å². The lowest BCUT2D eigenvalue weighted by Gasteiger charge is -2.36. The number of sulfone groups is 1.